The summed E-state index contributed by atoms with van der Waals surface area (Å²) >= 11 is 3.49. The van der Waals surface area contributed by atoms with Gasteiger partial charge in [0, 0.05) is 17.0 Å². The molecular weight excluding hydrogens is 306 g/mol. The molecule has 3 nitrogen and oxygen atoms in total. The predicted molar refractivity (Wildman–Crippen MR) is 78.7 cm³/mol. The molecule has 0 N–H and O–H groups in total. The van der Waals surface area contributed by atoms with E-state index in [9.17, 15) is 0 Å². The van der Waals surface area contributed by atoms with Crippen LogP contribution in [0.5, 0.6) is 5.75 Å². The summed E-state index contributed by atoms with van der Waals surface area (Å²) in [6, 6.07) is 6.11. The lowest BCUT2D eigenvalue weighted by molar-refractivity contribution is 0.296. The van der Waals surface area contributed by atoms with Crippen LogP contribution in [0.1, 0.15) is 29.0 Å². The number of aromatic nitrogens is 1. The Morgan fingerprint density at radius 3 is 2.42 bits per heavy atom. The normalized spacial score (nSPS) is 10.7. The van der Waals surface area contributed by atoms with E-state index >= 15 is 0 Å². The van der Waals surface area contributed by atoms with Crippen molar-refractivity contribution in [3.8, 4) is 5.75 Å². The Labute approximate surface area is 122 Å². The van der Waals surface area contributed by atoms with Crippen LogP contribution < -0.4 is 4.74 Å². The van der Waals surface area contributed by atoms with Crippen molar-refractivity contribution in [3.63, 3.8) is 0 Å². The number of hydrogen-bond donors (Lipinski definition) is 0. The minimum absolute atomic E-state index is 0.684. The molecule has 0 saturated carbocycles. The molecule has 0 saturated heterocycles. The van der Waals surface area contributed by atoms with Gasteiger partial charge in [-0.05, 0) is 50.5 Å². The van der Waals surface area contributed by atoms with E-state index in [1.807, 2.05) is 13.0 Å². The summed E-state index contributed by atoms with van der Waals surface area (Å²) in [5, 5.41) is 3.87. The van der Waals surface area contributed by atoms with E-state index in [0.29, 0.717) is 6.61 Å². The summed E-state index contributed by atoms with van der Waals surface area (Å²) in [4.78, 5) is 0. The Kier molecular flexibility index (Phi) is 4.64. The number of nitrogens with zero attached hydrogens (tertiary/aromatic N) is 1. The standard InChI is InChI=1S/C15H18BrNO2/c1-10-7-13(16)8-11(2)15(10)18-6-4-5-14-9-12(3)17-19-14/h7-9H,4-6H2,1-3H3. The smallest absolute Gasteiger partial charge is 0.137 e. The molecule has 0 spiro atoms. The van der Waals surface area contributed by atoms with Crippen molar-refractivity contribution in [2.24, 2.45) is 0 Å². The topological polar surface area (TPSA) is 35.3 Å². The van der Waals surface area contributed by atoms with Gasteiger partial charge in [-0.3, -0.25) is 0 Å². The lowest BCUT2D eigenvalue weighted by Gasteiger charge is -2.12. The van der Waals surface area contributed by atoms with Gasteiger partial charge in [0.2, 0.25) is 0 Å². The molecule has 0 aliphatic carbocycles. The van der Waals surface area contributed by atoms with Crippen molar-refractivity contribution in [1.29, 1.82) is 0 Å². The molecule has 2 aromatic rings. The van der Waals surface area contributed by atoms with E-state index in [-0.39, 0.29) is 0 Å². The van der Waals surface area contributed by atoms with Crippen molar-refractivity contribution in [2.75, 3.05) is 6.61 Å². The van der Waals surface area contributed by atoms with Gasteiger partial charge >= 0.3 is 0 Å². The van der Waals surface area contributed by atoms with E-state index in [1.165, 1.54) is 0 Å². The van der Waals surface area contributed by atoms with E-state index in [4.69, 9.17) is 9.26 Å². The largest absolute Gasteiger partial charge is 0.493 e. The van der Waals surface area contributed by atoms with Gasteiger partial charge in [0.05, 0.1) is 12.3 Å². The zero-order valence-corrected chi connectivity index (χ0v) is 13.1. The summed E-state index contributed by atoms with van der Waals surface area (Å²) in [7, 11) is 0. The minimum atomic E-state index is 0.684. The SMILES string of the molecule is Cc1cc(CCCOc2c(C)cc(Br)cc2C)on1. The van der Waals surface area contributed by atoms with Crippen molar-refractivity contribution in [3.05, 3.63) is 45.3 Å². The van der Waals surface area contributed by atoms with Gasteiger partial charge in [0.1, 0.15) is 11.5 Å². The molecule has 102 valence electrons. The molecule has 1 aromatic carbocycles. The molecule has 2 rings (SSSR count). The third-order valence-corrected chi connectivity index (χ3v) is 3.37. The summed E-state index contributed by atoms with van der Waals surface area (Å²) in [6.45, 7) is 6.74. The molecule has 4 heteroatoms. The first-order valence-electron chi connectivity index (χ1n) is 6.38. The Morgan fingerprint density at radius 1 is 1.16 bits per heavy atom. The highest BCUT2D eigenvalue weighted by molar-refractivity contribution is 9.10. The van der Waals surface area contributed by atoms with E-state index in [2.05, 4.69) is 47.1 Å². The first-order chi connectivity index (χ1) is 9.06. The highest BCUT2D eigenvalue weighted by Gasteiger charge is 2.06. The molecule has 0 amide bonds. The maximum atomic E-state index is 5.87. The average Bonchev–Trinajstić information content (AvgIpc) is 2.73. The highest BCUT2D eigenvalue weighted by atomic mass is 79.9. The van der Waals surface area contributed by atoms with Crippen LogP contribution in [-0.2, 0) is 6.42 Å². The van der Waals surface area contributed by atoms with Gasteiger partial charge < -0.3 is 9.26 Å². The van der Waals surface area contributed by atoms with Gasteiger partial charge in [0.25, 0.3) is 0 Å². The number of rotatable bonds is 5. The molecule has 1 heterocycles. The second-order valence-electron chi connectivity index (χ2n) is 4.76. The van der Waals surface area contributed by atoms with Crippen molar-refractivity contribution in [1.82, 2.24) is 5.16 Å². The third kappa shape index (κ3) is 3.83. The Bertz CT molecular complexity index is 540. The molecule has 0 aliphatic heterocycles. The fourth-order valence-corrected chi connectivity index (χ4v) is 2.77. The number of aryl methyl sites for hydroxylation is 4. The molecule has 0 fully saturated rings. The van der Waals surface area contributed by atoms with Gasteiger partial charge in [0.15, 0.2) is 0 Å². The van der Waals surface area contributed by atoms with Gasteiger partial charge in [-0.15, -0.1) is 0 Å². The fourth-order valence-electron chi connectivity index (χ4n) is 2.08. The number of hydrogen-bond acceptors (Lipinski definition) is 3. The van der Waals surface area contributed by atoms with Crippen LogP contribution >= 0.6 is 15.9 Å². The second kappa shape index (κ2) is 6.24. The Hall–Kier alpha value is -1.29. The molecule has 0 atom stereocenters. The monoisotopic (exact) mass is 323 g/mol. The van der Waals surface area contributed by atoms with Crippen LogP contribution in [-0.4, -0.2) is 11.8 Å². The maximum Gasteiger partial charge on any atom is 0.137 e. The van der Waals surface area contributed by atoms with Gasteiger partial charge in [-0.2, -0.15) is 0 Å². The number of halogens is 1. The van der Waals surface area contributed by atoms with Gasteiger partial charge in [-0.1, -0.05) is 21.1 Å². The van der Waals surface area contributed by atoms with E-state index in [0.717, 1.165) is 45.6 Å². The zero-order chi connectivity index (χ0) is 13.8. The first kappa shape index (κ1) is 14.1. The zero-order valence-electron chi connectivity index (χ0n) is 11.5. The van der Waals surface area contributed by atoms with Crippen LogP contribution in [0.3, 0.4) is 0 Å². The molecule has 19 heavy (non-hydrogen) atoms. The first-order valence-corrected chi connectivity index (χ1v) is 7.17. The summed E-state index contributed by atoms with van der Waals surface area (Å²) < 4.78 is 12.1. The summed E-state index contributed by atoms with van der Waals surface area (Å²) in [5.74, 6) is 1.90. The van der Waals surface area contributed by atoms with Crippen LogP contribution in [0.4, 0.5) is 0 Å². The van der Waals surface area contributed by atoms with Crippen LogP contribution in [0.15, 0.2) is 27.2 Å². The fraction of sp³-hybridized carbons (Fsp3) is 0.400. The average molecular weight is 324 g/mol. The predicted octanol–water partition coefficient (Wildman–Crippen LogP) is 4.37. The summed E-state index contributed by atoms with van der Waals surface area (Å²) in [6.07, 6.45) is 1.78. The van der Waals surface area contributed by atoms with Crippen LogP contribution in [0, 0.1) is 20.8 Å². The second-order valence-corrected chi connectivity index (χ2v) is 5.67. The molecular formula is C15H18BrNO2. The molecule has 0 radical (unpaired) electrons. The molecule has 1 aromatic heterocycles. The van der Waals surface area contributed by atoms with Crippen molar-refractivity contribution >= 4 is 15.9 Å². The molecule has 0 aliphatic rings. The third-order valence-electron chi connectivity index (χ3n) is 2.92. The number of benzene rings is 1. The van der Waals surface area contributed by atoms with Crippen LogP contribution in [0.25, 0.3) is 0 Å². The highest BCUT2D eigenvalue weighted by Crippen LogP contribution is 2.27. The Balaban J connectivity index is 1.86. The van der Waals surface area contributed by atoms with E-state index in [1.54, 1.807) is 0 Å². The van der Waals surface area contributed by atoms with Crippen molar-refractivity contribution in [2.45, 2.75) is 33.6 Å². The lowest BCUT2D eigenvalue weighted by atomic mass is 10.1. The quantitative estimate of drug-likeness (QED) is 0.766. The van der Waals surface area contributed by atoms with Gasteiger partial charge in [-0.25, -0.2) is 0 Å². The number of ether oxygens (including phenoxy) is 1. The maximum absolute atomic E-state index is 5.87. The molecule has 0 bridgehead atoms. The van der Waals surface area contributed by atoms with E-state index < -0.39 is 0 Å². The van der Waals surface area contributed by atoms with Crippen LogP contribution in [0.2, 0.25) is 0 Å². The lowest BCUT2D eigenvalue weighted by Crippen LogP contribution is -2.02. The minimum Gasteiger partial charge on any atom is -0.493 e. The summed E-state index contributed by atoms with van der Waals surface area (Å²) in [5.41, 5.74) is 3.24. The Morgan fingerprint density at radius 2 is 1.84 bits per heavy atom. The van der Waals surface area contributed by atoms with Crippen molar-refractivity contribution < 1.29 is 9.26 Å². The molecule has 0 unspecified atom stereocenters.